The Hall–Kier alpha value is -2.37. The van der Waals surface area contributed by atoms with Crippen molar-refractivity contribution in [3.8, 4) is 11.3 Å². The van der Waals surface area contributed by atoms with Crippen molar-refractivity contribution >= 4 is 5.97 Å². The molecule has 0 unspecified atom stereocenters. The molecule has 0 aliphatic heterocycles. The minimum absolute atomic E-state index is 0.303. The summed E-state index contributed by atoms with van der Waals surface area (Å²) < 4.78 is 4.58. The number of H-pyrrole nitrogens is 2. The van der Waals surface area contributed by atoms with Gasteiger partial charge in [-0.3, -0.25) is 4.79 Å². The van der Waals surface area contributed by atoms with Gasteiger partial charge in [-0.25, -0.2) is 9.89 Å². The number of carbonyl (C=O) groups excluding carboxylic acids is 1. The molecular weight excluding hydrogens is 222 g/mol. The summed E-state index contributed by atoms with van der Waals surface area (Å²) in [5, 5.41) is 6.03. The second-order valence-corrected chi connectivity index (χ2v) is 3.53. The highest BCUT2D eigenvalue weighted by Crippen LogP contribution is 2.17. The lowest BCUT2D eigenvalue weighted by atomic mass is 10.1. The Labute approximate surface area is 96.6 Å². The molecule has 2 aromatic heterocycles. The quantitative estimate of drug-likeness (QED) is 0.753. The molecule has 17 heavy (non-hydrogen) atoms. The van der Waals surface area contributed by atoms with Crippen molar-refractivity contribution in [2.75, 3.05) is 7.11 Å². The van der Waals surface area contributed by atoms with Gasteiger partial charge in [0, 0.05) is 0 Å². The van der Waals surface area contributed by atoms with Crippen LogP contribution in [0, 0.1) is 6.92 Å². The SMILES string of the molecule is COC(=O)c1ccc(-c2c(C)cn[nH]c2=O)[nH]1. The van der Waals surface area contributed by atoms with Gasteiger partial charge in [-0.15, -0.1) is 0 Å². The average molecular weight is 233 g/mol. The summed E-state index contributed by atoms with van der Waals surface area (Å²) >= 11 is 0. The number of rotatable bonds is 2. The van der Waals surface area contributed by atoms with Crippen LogP contribution >= 0.6 is 0 Å². The molecule has 2 heterocycles. The van der Waals surface area contributed by atoms with E-state index in [2.05, 4.69) is 19.9 Å². The Bertz CT molecular complexity index is 612. The molecule has 2 N–H and O–H groups in total. The predicted molar refractivity (Wildman–Crippen MR) is 60.7 cm³/mol. The van der Waals surface area contributed by atoms with Crippen LogP contribution in [0.15, 0.2) is 23.1 Å². The molecular formula is C11H11N3O3. The number of aromatic amines is 2. The van der Waals surface area contributed by atoms with Gasteiger partial charge in [0.1, 0.15) is 5.69 Å². The molecule has 6 nitrogen and oxygen atoms in total. The maximum Gasteiger partial charge on any atom is 0.354 e. The third-order valence-electron chi connectivity index (χ3n) is 2.41. The summed E-state index contributed by atoms with van der Waals surface area (Å²) in [6.45, 7) is 1.77. The van der Waals surface area contributed by atoms with E-state index in [4.69, 9.17) is 0 Å². The largest absolute Gasteiger partial charge is 0.464 e. The lowest BCUT2D eigenvalue weighted by Crippen LogP contribution is -2.12. The number of nitrogens with zero attached hydrogens (tertiary/aromatic N) is 1. The molecule has 0 aliphatic rings. The monoisotopic (exact) mass is 233 g/mol. The molecule has 6 heteroatoms. The van der Waals surface area contributed by atoms with Crippen LogP contribution < -0.4 is 5.56 Å². The van der Waals surface area contributed by atoms with Crippen molar-refractivity contribution in [3.63, 3.8) is 0 Å². The topological polar surface area (TPSA) is 87.8 Å². The highest BCUT2D eigenvalue weighted by molar-refractivity contribution is 5.88. The standard InChI is InChI=1S/C11H11N3O3/c1-6-5-12-14-10(15)9(6)7-3-4-8(13-7)11(16)17-2/h3-5,13H,1-2H3,(H,14,15). The molecule has 0 fully saturated rings. The summed E-state index contributed by atoms with van der Waals surface area (Å²) in [6.07, 6.45) is 1.55. The second-order valence-electron chi connectivity index (χ2n) is 3.53. The fraction of sp³-hybridized carbons (Fsp3) is 0.182. The number of nitrogens with one attached hydrogen (secondary N) is 2. The highest BCUT2D eigenvalue weighted by atomic mass is 16.5. The van der Waals surface area contributed by atoms with Gasteiger partial charge < -0.3 is 9.72 Å². The molecule has 0 saturated carbocycles. The first-order valence-corrected chi connectivity index (χ1v) is 4.95. The number of ether oxygens (including phenoxy) is 1. The zero-order valence-electron chi connectivity index (χ0n) is 9.40. The van der Waals surface area contributed by atoms with E-state index in [1.807, 2.05) is 0 Å². The summed E-state index contributed by atoms with van der Waals surface area (Å²) in [5.41, 5.74) is 1.76. The van der Waals surface area contributed by atoms with Crippen molar-refractivity contribution in [3.05, 3.63) is 39.9 Å². The van der Waals surface area contributed by atoms with Crippen molar-refractivity contribution < 1.29 is 9.53 Å². The third kappa shape index (κ3) is 1.96. The van der Waals surface area contributed by atoms with E-state index in [1.54, 1.807) is 25.3 Å². The number of methoxy groups -OCH3 is 1. The number of hydrogen-bond acceptors (Lipinski definition) is 4. The van der Waals surface area contributed by atoms with Crippen molar-refractivity contribution in [1.29, 1.82) is 0 Å². The zero-order chi connectivity index (χ0) is 12.4. The Morgan fingerprint density at radius 3 is 2.82 bits per heavy atom. The van der Waals surface area contributed by atoms with E-state index in [9.17, 15) is 9.59 Å². The van der Waals surface area contributed by atoms with E-state index >= 15 is 0 Å². The van der Waals surface area contributed by atoms with Crippen LogP contribution in [0.5, 0.6) is 0 Å². The molecule has 0 aromatic carbocycles. The smallest absolute Gasteiger partial charge is 0.354 e. The molecule has 0 amide bonds. The van der Waals surface area contributed by atoms with Crippen molar-refractivity contribution in [2.24, 2.45) is 0 Å². The number of hydrogen-bond donors (Lipinski definition) is 2. The van der Waals surface area contributed by atoms with Gasteiger partial charge in [-0.1, -0.05) is 0 Å². The molecule has 88 valence electrons. The van der Waals surface area contributed by atoms with Crippen molar-refractivity contribution in [2.45, 2.75) is 6.92 Å². The van der Waals surface area contributed by atoms with Crippen molar-refractivity contribution in [1.82, 2.24) is 15.2 Å². The molecule has 0 radical (unpaired) electrons. The van der Waals surface area contributed by atoms with Gasteiger partial charge in [0.15, 0.2) is 0 Å². The molecule has 0 saturated heterocycles. The number of carbonyl (C=O) groups is 1. The summed E-state index contributed by atoms with van der Waals surface area (Å²) in [6, 6.07) is 3.23. The maximum absolute atomic E-state index is 11.6. The molecule has 0 aliphatic carbocycles. The second kappa shape index (κ2) is 4.25. The van der Waals surface area contributed by atoms with Crippen LogP contribution in [0.25, 0.3) is 11.3 Å². The van der Waals surface area contributed by atoms with Gasteiger partial charge in [0.05, 0.1) is 24.6 Å². The minimum Gasteiger partial charge on any atom is -0.464 e. The molecule has 2 rings (SSSR count). The molecule has 0 bridgehead atoms. The van der Waals surface area contributed by atoms with Gasteiger partial charge in [0.2, 0.25) is 0 Å². The Balaban J connectivity index is 2.51. The van der Waals surface area contributed by atoms with Crippen LogP contribution in [0.1, 0.15) is 16.1 Å². The zero-order valence-corrected chi connectivity index (χ0v) is 9.40. The number of aryl methyl sites for hydroxylation is 1. The average Bonchev–Trinajstić information content (AvgIpc) is 2.77. The Kier molecular flexibility index (Phi) is 2.78. The van der Waals surface area contributed by atoms with E-state index in [-0.39, 0.29) is 5.56 Å². The number of aromatic nitrogens is 3. The molecule has 2 aromatic rings. The van der Waals surface area contributed by atoms with Crippen LogP contribution in [0.4, 0.5) is 0 Å². The predicted octanol–water partition coefficient (Wildman–Crippen LogP) is 0.860. The van der Waals surface area contributed by atoms with Crippen LogP contribution in [0.3, 0.4) is 0 Å². The number of esters is 1. The van der Waals surface area contributed by atoms with E-state index in [0.717, 1.165) is 5.56 Å². The lowest BCUT2D eigenvalue weighted by Gasteiger charge is -2.00. The molecule has 0 atom stereocenters. The van der Waals surface area contributed by atoms with Gasteiger partial charge in [-0.2, -0.15) is 5.10 Å². The van der Waals surface area contributed by atoms with Gasteiger partial charge in [-0.05, 0) is 24.6 Å². The van der Waals surface area contributed by atoms with Crippen LogP contribution in [-0.4, -0.2) is 28.3 Å². The Morgan fingerprint density at radius 2 is 2.18 bits per heavy atom. The van der Waals surface area contributed by atoms with Gasteiger partial charge in [0.25, 0.3) is 5.56 Å². The van der Waals surface area contributed by atoms with E-state index < -0.39 is 5.97 Å². The van der Waals surface area contributed by atoms with Gasteiger partial charge >= 0.3 is 5.97 Å². The normalized spacial score (nSPS) is 10.2. The first-order chi connectivity index (χ1) is 8.13. The Morgan fingerprint density at radius 1 is 1.41 bits per heavy atom. The molecule has 0 spiro atoms. The first-order valence-electron chi connectivity index (χ1n) is 4.95. The summed E-state index contributed by atoms with van der Waals surface area (Å²) in [4.78, 5) is 25.8. The minimum atomic E-state index is -0.473. The lowest BCUT2D eigenvalue weighted by molar-refractivity contribution is 0.0595. The fourth-order valence-corrected chi connectivity index (χ4v) is 1.59. The highest BCUT2D eigenvalue weighted by Gasteiger charge is 2.13. The fourth-order valence-electron chi connectivity index (χ4n) is 1.59. The maximum atomic E-state index is 11.6. The van der Waals surface area contributed by atoms with Crippen LogP contribution in [-0.2, 0) is 4.74 Å². The summed E-state index contributed by atoms with van der Waals surface area (Å²) in [5.74, 6) is -0.473. The first kappa shape index (κ1) is 11.1. The van der Waals surface area contributed by atoms with E-state index in [1.165, 1.54) is 7.11 Å². The summed E-state index contributed by atoms with van der Waals surface area (Å²) in [7, 11) is 1.30. The third-order valence-corrected chi connectivity index (χ3v) is 2.41. The van der Waals surface area contributed by atoms with Crippen LogP contribution in [0.2, 0.25) is 0 Å². The van der Waals surface area contributed by atoms with E-state index in [0.29, 0.717) is 17.0 Å².